The van der Waals surface area contributed by atoms with Gasteiger partial charge in [-0.25, -0.2) is 9.18 Å². The van der Waals surface area contributed by atoms with Crippen molar-refractivity contribution < 1.29 is 29.2 Å². The van der Waals surface area contributed by atoms with E-state index in [0.29, 0.717) is 0 Å². The molecule has 2 atom stereocenters. The summed E-state index contributed by atoms with van der Waals surface area (Å²) in [4.78, 5) is 11.1. The molecule has 3 N–H and O–H groups in total. The molecule has 0 aliphatic heterocycles. The SMILES string of the molecule is CCOC(=O)C(O)C(O)c1cccc(O)c1F. The quantitative estimate of drug-likeness (QED) is 0.671. The Bertz CT molecular complexity index is 407. The highest BCUT2D eigenvalue weighted by molar-refractivity contribution is 5.75. The third-order valence-electron chi connectivity index (χ3n) is 2.15. The molecule has 0 amide bonds. The Hall–Kier alpha value is -1.66. The Kier molecular flexibility index (Phi) is 4.42. The molecule has 0 aromatic heterocycles. The van der Waals surface area contributed by atoms with Crippen molar-refractivity contribution in [3.63, 3.8) is 0 Å². The molecule has 1 rings (SSSR count). The number of hydrogen-bond donors (Lipinski definition) is 3. The molecule has 0 aliphatic rings. The normalized spacial score (nSPS) is 14.1. The zero-order valence-corrected chi connectivity index (χ0v) is 9.13. The lowest BCUT2D eigenvalue weighted by atomic mass is 10.0. The first-order chi connectivity index (χ1) is 7.99. The number of hydrogen-bond acceptors (Lipinski definition) is 5. The van der Waals surface area contributed by atoms with Crippen molar-refractivity contribution in [3.05, 3.63) is 29.6 Å². The number of halogens is 1. The molecule has 0 aliphatic carbocycles. The lowest BCUT2D eigenvalue weighted by molar-refractivity contribution is -0.159. The van der Waals surface area contributed by atoms with Gasteiger partial charge in [0.05, 0.1) is 6.61 Å². The molecule has 94 valence electrons. The third-order valence-corrected chi connectivity index (χ3v) is 2.15. The van der Waals surface area contributed by atoms with Gasteiger partial charge in [0, 0.05) is 5.56 Å². The standard InChI is InChI=1S/C11H13FO5/c1-2-17-11(16)10(15)9(14)6-4-3-5-7(13)8(6)12/h3-5,9-10,13-15H,2H2,1H3. The molecular formula is C11H13FO5. The van der Waals surface area contributed by atoms with E-state index in [2.05, 4.69) is 4.74 Å². The van der Waals surface area contributed by atoms with Crippen molar-refractivity contribution in [1.29, 1.82) is 0 Å². The van der Waals surface area contributed by atoms with Gasteiger partial charge in [-0.1, -0.05) is 12.1 Å². The van der Waals surface area contributed by atoms with E-state index < -0.39 is 29.7 Å². The summed E-state index contributed by atoms with van der Waals surface area (Å²) in [5, 5.41) is 28.1. The summed E-state index contributed by atoms with van der Waals surface area (Å²) in [6.07, 6.45) is -3.69. The van der Waals surface area contributed by atoms with Gasteiger partial charge in [-0.3, -0.25) is 0 Å². The van der Waals surface area contributed by atoms with E-state index in [-0.39, 0.29) is 12.2 Å². The molecule has 17 heavy (non-hydrogen) atoms. The fourth-order valence-electron chi connectivity index (χ4n) is 1.29. The van der Waals surface area contributed by atoms with Crippen LogP contribution >= 0.6 is 0 Å². The summed E-state index contributed by atoms with van der Waals surface area (Å²) < 4.78 is 17.9. The minimum atomic E-state index is -1.90. The lowest BCUT2D eigenvalue weighted by Crippen LogP contribution is -2.30. The number of ether oxygens (including phenoxy) is 1. The van der Waals surface area contributed by atoms with Crippen LogP contribution in [0.4, 0.5) is 4.39 Å². The molecule has 0 heterocycles. The highest BCUT2D eigenvalue weighted by atomic mass is 19.1. The number of aromatic hydroxyl groups is 1. The van der Waals surface area contributed by atoms with Crippen LogP contribution in [0.3, 0.4) is 0 Å². The second-order valence-corrected chi connectivity index (χ2v) is 3.32. The average Bonchev–Trinajstić information content (AvgIpc) is 2.31. The fourth-order valence-corrected chi connectivity index (χ4v) is 1.29. The predicted octanol–water partition coefficient (Wildman–Crippen LogP) is 0.489. The van der Waals surface area contributed by atoms with Crippen LogP contribution in [0.25, 0.3) is 0 Å². The van der Waals surface area contributed by atoms with Crippen LogP contribution < -0.4 is 0 Å². The molecule has 0 spiro atoms. The summed E-state index contributed by atoms with van der Waals surface area (Å²) in [6, 6.07) is 3.53. The maximum atomic E-state index is 13.4. The summed E-state index contributed by atoms with van der Waals surface area (Å²) in [6.45, 7) is 1.57. The van der Waals surface area contributed by atoms with Gasteiger partial charge in [0.1, 0.15) is 6.10 Å². The number of carbonyl (C=O) groups excluding carboxylic acids is 1. The number of esters is 1. The summed E-state index contributed by atoms with van der Waals surface area (Å²) in [5.41, 5.74) is -0.370. The van der Waals surface area contributed by atoms with Gasteiger partial charge in [-0.05, 0) is 13.0 Å². The van der Waals surface area contributed by atoms with Crippen LogP contribution in [-0.4, -0.2) is 34.0 Å². The topological polar surface area (TPSA) is 87.0 Å². The number of phenolic OH excluding ortho intramolecular Hbond substituents is 1. The molecule has 0 bridgehead atoms. The summed E-state index contributed by atoms with van der Waals surface area (Å²) in [7, 11) is 0. The Morgan fingerprint density at radius 1 is 1.47 bits per heavy atom. The van der Waals surface area contributed by atoms with Gasteiger partial charge in [-0.2, -0.15) is 0 Å². The van der Waals surface area contributed by atoms with E-state index >= 15 is 0 Å². The Labute approximate surface area is 97.1 Å². The molecule has 1 aromatic carbocycles. The molecule has 0 fully saturated rings. The first-order valence-corrected chi connectivity index (χ1v) is 4.99. The van der Waals surface area contributed by atoms with E-state index in [1.165, 1.54) is 13.0 Å². The van der Waals surface area contributed by atoms with E-state index in [1.807, 2.05) is 0 Å². The van der Waals surface area contributed by atoms with E-state index in [9.17, 15) is 19.4 Å². The number of phenols is 1. The second-order valence-electron chi connectivity index (χ2n) is 3.32. The number of aliphatic hydroxyl groups excluding tert-OH is 2. The van der Waals surface area contributed by atoms with Crippen LogP contribution in [0.5, 0.6) is 5.75 Å². The molecule has 0 radical (unpaired) electrons. The minimum Gasteiger partial charge on any atom is -0.505 e. The molecule has 1 aromatic rings. The Balaban J connectivity index is 2.92. The van der Waals surface area contributed by atoms with Crippen molar-refractivity contribution in [2.24, 2.45) is 0 Å². The van der Waals surface area contributed by atoms with Crippen molar-refractivity contribution in [2.45, 2.75) is 19.1 Å². The minimum absolute atomic E-state index is 0.0329. The number of rotatable bonds is 4. The van der Waals surface area contributed by atoms with Crippen molar-refractivity contribution in [3.8, 4) is 5.75 Å². The molecule has 5 nitrogen and oxygen atoms in total. The molecule has 0 saturated carbocycles. The average molecular weight is 244 g/mol. The lowest BCUT2D eigenvalue weighted by Gasteiger charge is -2.17. The summed E-state index contributed by atoms with van der Waals surface area (Å²) in [5.74, 6) is -2.80. The molecule has 6 heteroatoms. The first-order valence-electron chi connectivity index (χ1n) is 4.99. The first kappa shape index (κ1) is 13.4. The third kappa shape index (κ3) is 2.92. The molecule has 2 unspecified atom stereocenters. The van der Waals surface area contributed by atoms with E-state index in [4.69, 9.17) is 5.11 Å². The smallest absolute Gasteiger partial charge is 0.338 e. The van der Waals surface area contributed by atoms with Crippen LogP contribution in [-0.2, 0) is 9.53 Å². The van der Waals surface area contributed by atoms with Gasteiger partial charge in [0.25, 0.3) is 0 Å². The highest BCUT2D eigenvalue weighted by Gasteiger charge is 2.29. The van der Waals surface area contributed by atoms with Crippen molar-refractivity contribution in [2.75, 3.05) is 6.61 Å². The van der Waals surface area contributed by atoms with Gasteiger partial charge in [-0.15, -0.1) is 0 Å². The fraction of sp³-hybridized carbons (Fsp3) is 0.364. The van der Waals surface area contributed by atoms with E-state index in [0.717, 1.165) is 12.1 Å². The largest absolute Gasteiger partial charge is 0.505 e. The second kappa shape index (κ2) is 5.60. The number of aliphatic hydroxyl groups is 2. The van der Waals surface area contributed by atoms with Gasteiger partial charge in [0.15, 0.2) is 17.7 Å². The van der Waals surface area contributed by atoms with Gasteiger partial charge < -0.3 is 20.1 Å². The van der Waals surface area contributed by atoms with Crippen LogP contribution in [0.1, 0.15) is 18.6 Å². The van der Waals surface area contributed by atoms with Crippen molar-refractivity contribution >= 4 is 5.97 Å². The summed E-state index contributed by atoms with van der Waals surface area (Å²) >= 11 is 0. The molecular weight excluding hydrogens is 231 g/mol. The van der Waals surface area contributed by atoms with E-state index in [1.54, 1.807) is 0 Å². The van der Waals surface area contributed by atoms with Crippen molar-refractivity contribution in [1.82, 2.24) is 0 Å². The predicted molar refractivity (Wildman–Crippen MR) is 55.7 cm³/mol. The Morgan fingerprint density at radius 3 is 2.71 bits per heavy atom. The highest BCUT2D eigenvalue weighted by Crippen LogP contribution is 2.26. The van der Waals surface area contributed by atoms with Gasteiger partial charge in [0.2, 0.25) is 0 Å². The maximum absolute atomic E-state index is 13.4. The van der Waals surface area contributed by atoms with Crippen LogP contribution in [0, 0.1) is 5.82 Å². The molecule has 0 saturated heterocycles. The van der Waals surface area contributed by atoms with Gasteiger partial charge >= 0.3 is 5.97 Å². The monoisotopic (exact) mass is 244 g/mol. The van der Waals surface area contributed by atoms with Crippen LogP contribution in [0.15, 0.2) is 18.2 Å². The zero-order valence-electron chi connectivity index (χ0n) is 9.13. The van der Waals surface area contributed by atoms with Crippen LogP contribution in [0.2, 0.25) is 0 Å². The zero-order chi connectivity index (χ0) is 13.0. The number of benzene rings is 1. The Morgan fingerprint density at radius 2 is 2.12 bits per heavy atom. The number of carbonyl (C=O) groups is 1. The maximum Gasteiger partial charge on any atom is 0.338 e.